The zero-order valence-electron chi connectivity index (χ0n) is 10.5. The maximum Gasteiger partial charge on any atom is 0.244 e. The summed E-state index contributed by atoms with van der Waals surface area (Å²) in [7, 11) is 0. The summed E-state index contributed by atoms with van der Waals surface area (Å²) in [5.74, 6) is 1.12. The summed E-state index contributed by atoms with van der Waals surface area (Å²) < 4.78 is 1.60. The Hall–Kier alpha value is -1.52. The Morgan fingerprint density at radius 1 is 1.65 bits per heavy atom. The molecule has 0 aliphatic carbocycles. The highest BCUT2D eigenvalue weighted by atomic mass is 16.2. The molecule has 0 saturated carbocycles. The van der Waals surface area contributed by atoms with E-state index in [4.69, 9.17) is 5.73 Å². The van der Waals surface area contributed by atoms with Gasteiger partial charge in [-0.3, -0.25) is 9.48 Å². The molecule has 5 nitrogen and oxygen atoms in total. The third-order valence-corrected chi connectivity index (χ3v) is 3.35. The van der Waals surface area contributed by atoms with Crippen LogP contribution in [0.4, 0.5) is 5.82 Å². The number of hydrogen-bond acceptors (Lipinski definition) is 3. The highest BCUT2D eigenvalue weighted by Crippen LogP contribution is 2.23. The van der Waals surface area contributed by atoms with E-state index in [0.29, 0.717) is 24.3 Å². The van der Waals surface area contributed by atoms with Gasteiger partial charge in [0.05, 0.1) is 0 Å². The average molecular weight is 236 g/mol. The van der Waals surface area contributed by atoms with E-state index in [2.05, 4.69) is 18.9 Å². The lowest BCUT2D eigenvalue weighted by Crippen LogP contribution is -2.40. The van der Waals surface area contributed by atoms with E-state index in [1.54, 1.807) is 16.9 Å². The molecule has 2 rings (SSSR count). The van der Waals surface area contributed by atoms with Gasteiger partial charge in [0.15, 0.2) is 0 Å². The van der Waals surface area contributed by atoms with E-state index in [1.807, 2.05) is 4.90 Å². The Balaban J connectivity index is 2.00. The number of nitrogen functional groups attached to an aromatic ring is 1. The van der Waals surface area contributed by atoms with Gasteiger partial charge in [-0.25, -0.2) is 0 Å². The van der Waals surface area contributed by atoms with Crippen molar-refractivity contribution in [1.29, 1.82) is 0 Å². The van der Waals surface area contributed by atoms with Crippen molar-refractivity contribution < 1.29 is 4.79 Å². The molecular formula is C12H20N4O. The molecule has 1 aromatic rings. The Kier molecular flexibility index (Phi) is 3.36. The predicted molar refractivity (Wildman–Crippen MR) is 66.2 cm³/mol. The van der Waals surface area contributed by atoms with Crippen LogP contribution in [-0.4, -0.2) is 33.2 Å². The van der Waals surface area contributed by atoms with Crippen LogP contribution in [0.25, 0.3) is 0 Å². The topological polar surface area (TPSA) is 64.2 Å². The van der Waals surface area contributed by atoms with Crippen molar-refractivity contribution in [1.82, 2.24) is 14.7 Å². The van der Waals surface area contributed by atoms with Crippen molar-refractivity contribution in [3.05, 3.63) is 12.3 Å². The molecule has 1 fully saturated rings. The minimum atomic E-state index is 0.143. The zero-order chi connectivity index (χ0) is 12.4. The molecule has 2 heterocycles. The lowest BCUT2D eigenvalue weighted by Gasteiger charge is -2.27. The third kappa shape index (κ3) is 2.60. The first-order chi connectivity index (χ1) is 8.08. The summed E-state index contributed by atoms with van der Waals surface area (Å²) in [5, 5.41) is 4.04. The van der Waals surface area contributed by atoms with E-state index in [1.165, 1.54) is 0 Å². The first-order valence-electron chi connectivity index (χ1n) is 6.16. The van der Waals surface area contributed by atoms with Gasteiger partial charge in [0.2, 0.25) is 5.91 Å². The smallest absolute Gasteiger partial charge is 0.244 e. The quantitative estimate of drug-likeness (QED) is 0.855. The number of nitrogens with two attached hydrogens (primary N) is 1. The summed E-state index contributed by atoms with van der Waals surface area (Å²) in [6.45, 7) is 5.50. The van der Waals surface area contributed by atoms with E-state index >= 15 is 0 Å². The molecule has 0 radical (unpaired) electrons. The molecule has 5 heteroatoms. The van der Waals surface area contributed by atoms with Crippen molar-refractivity contribution in [3.63, 3.8) is 0 Å². The van der Waals surface area contributed by atoms with Crippen LogP contribution in [0.2, 0.25) is 0 Å². The normalized spacial score (nSPS) is 20.2. The van der Waals surface area contributed by atoms with E-state index in [-0.39, 0.29) is 5.91 Å². The Labute approximate surface area is 102 Å². The van der Waals surface area contributed by atoms with Crippen LogP contribution < -0.4 is 5.73 Å². The highest BCUT2D eigenvalue weighted by molar-refractivity contribution is 5.76. The van der Waals surface area contributed by atoms with Crippen molar-refractivity contribution in [2.45, 2.75) is 39.3 Å². The monoisotopic (exact) mass is 236 g/mol. The first kappa shape index (κ1) is 12.0. The van der Waals surface area contributed by atoms with Crippen molar-refractivity contribution in [3.8, 4) is 0 Å². The number of nitrogens with zero attached hydrogens (tertiary/aromatic N) is 3. The predicted octanol–water partition coefficient (Wildman–Crippen LogP) is 1.11. The SMILES string of the molecule is CC(C)C1CCCN1C(=O)Cn1ccc(N)n1. The minimum absolute atomic E-state index is 0.143. The van der Waals surface area contributed by atoms with Crippen molar-refractivity contribution in [2.75, 3.05) is 12.3 Å². The van der Waals surface area contributed by atoms with Gasteiger partial charge < -0.3 is 10.6 Å². The fraction of sp³-hybridized carbons (Fsp3) is 0.667. The maximum atomic E-state index is 12.2. The lowest BCUT2D eigenvalue weighted by atomic mass is 10.0. The number of carbonyl (C=O) groups excluding carboxylic acids is 1. The van der Waals surface area contributed by atoms with E-state index in [9.17, 15) is 4.79 Å². The molecule has 1 aromatic heterocycles. The molecule has 0 aromatic carbocycles. The molecule has 1 saturated heterocycles. The second-order valence-corrected chi connectivity index (χ2v) is 4.98. The summed E-state index contributed by atoms with van der Waals surface area (Å²) in [4.78, 5) is 14.2. The van der Waals surface area contributed by atoms with Crippen molar-refractivity contribution >= 4 is 11.7 Å². The van der Waals surface area contributed by atoms with E-state index in [0.717, 1.165) is 19.4 Å². The molecule has 94 valence electrons. The second-order valence-electron chi connectivity index (χ2n) is 4.98. The Morgan fingerprint density at radius 3 is 3.00 bits per heavy atom. The molecular weight excluding hydrogens is 216 g/mol. The van der Waals surface area contributed by atoms with Gasteiger partial charge in [-0.2, -0.15) is 5.10 Å². The van der Waals surface area contributed by atoms with Crippen LogP contribution in [0, 0.1) is 5.92 Å². The fourth-order valence-corrected chi connectivity index (χ4v) is 2.49. The fourth-order valence-electron chi connectivity index (χ4n) is 2.49. The van der Waals surface area contributed by atoms with Crippen LogP contribution in [0.1, 0.15) is 26.7 Å². The van der Waals surface area contributed by atoms with Gasteiger partial charge in [-0.1, -0.05) is 13.8 Å². The minimum Gasteiger partial charge on any atom is -0.382 e. The Morgan fingerprint density at radius 2 is 2.41 bits per heavy atom. The number of carbonyl (C=O) groups is 1. The van der Waals surface area contributed by atoms with Gasteiger partial charge in [-0.15, -0.1) is 0 Å². The third-order valence-electron chi connectivity index (χ3n) is 3.35. The first-order valence-corrected chi connectivity index (χ1v) is 6.16. The molecule has 0 bridgehead atoms. The van der Waals surface area contributed by atoms with Gasteiger partial charge in [0.25, 0.3) is 0 Å². The van der Waals surface area contributed by atoms with Crippen LogP contribution in [0.5, 0.6) is 0 Å². The molecule has 17 heavy (non-hydrogen) atoms. The zero-order valence-corrected chi connectivity index (χ0v) is 10.5. The highest BCUT2D eigenvalue weighted by Gasteiger charge is 2.30. The van der Waals surface area contributed by atoms with Crippen molar-refractivity contribution in [2.24, 2.45) is 5.92 Å². The summed E-state index contributed by atoms with van der Waals surface area (Å²) >= 11 is 0. The van der Waals surface area contributed by atoms with Crippen LogP contribution in [0.15, 0.2) is 12.3 Å². The number of likely N-dealkylation sites (tertiary alicyclic amines) is 1. The van der Waals surface area contributed by atoms with Gasteiger partial charge in [0, 0.05) is 18.8 Å². The summed E-state index contributed by atoms with van der Waals surface area (Å²) in [6.07, 6.45) is 3.97. The standard InChI is InChI=1S/C12H20N4O/c1-9(2)10-4-3-6-16(10)12(17)8-15-7-5-11(13)14-15/h5,7,9-10H,3-4,6,8H2,1-2H3,(H2,13,14). The van der Waals surface area contributed by atoms with Crippen LogP contribution in [-0.2, 0) is 11.3 Å². The van der Waals surface area contributed by atoms with Gasteiger partial charge >= 0.3 is 0 Å². The lowest BCUT2D eigenvalue weighted by molar-refractivity contribution is -0.133. The number of aromatic nitrogens is 2. The molecule has 1 aliphatic rings. The molecule has 0 spiro atoms. The number of rotatable bonds is 3. The maximum absolute atomic E-state index is 12.2. The van der Waals surface area contributed by atoms with Gasteiger partial charge in [0.1, 0.15) is 12.4 Å². The number of amides is 1. The summed E-state index contributed by atoms with van der Waals surface area (Å²) in [5.41, 5.74) is 5.53. The molecule has 1 amide bonds. The largest absolute Gasteiger partial charge is 0.382 e. The summed E-state index contributed by atoms with van der Waals surface area (Å²) in [6, 6.07) is 2.09. The second kappa shape index (κ2) is 4.77. The molecule has 2 N–H and O–H groups in total. The number of anilines is 1. The van der Waals surface area contributed by atoms with Crippen LogP contribution >= 0.6 is 0 Å². The Bertz CT molecular complexity index is 399. The molecule has 1 atom stereocenters. The molecule has 1 aliphatic heterocycles. The molecule has 1 unspecified atom stereocenters. The van der Waals surface area contributed by atoms with E-state index < -0.39 is 0 Å². The number of hydrogen-bond donors (Lipinski definition) is 1. The average Bonchev–Trinajstić information content (AvgIpc) is 2.86. The van der Waals surface area contributed by atoms with Gasteiger partial charge in [-0.05, 0) is 24.8 Å². The van der Waals surface area contributed by atoms with Crippen LogP contribution in [0.3, 0.4) is 0 Å².